The summed E-state index contributed by atoms with van der Waals surface area (Å²) in [5.74, 6) is -0.415. The average Bonchev–Trinajstić information content (AvgIpc) is 2.61. The number of likely N-dealkylation sites (N-methyl/N-ethyl adjacent to an activating group) is 1. The van der Waals surface area contributed by atoms with Crippen molar-refractivity contribution >= 4 is 39.1 Å². The maximum atomic E-state index is 11.5. The lowest BCUT2D eigenvalue weighted by atomic mass is 10.4. The molecule has 0 aromatic carbocycles. The molecule has 1 aromatic heterocycles. The number of amides is 2. The molecule has 1 aromatic rings. The fourth-order valence-corrected chi connectivity index (χ4v) is 2.42. The van der Waals surface area contributed by atoms with Crippen LogP contribution in [0.5, 0.6) is 0 Å². The fourth-order valence-electron chi connectivity index (χ4n) is 0.956. The van der Waals surface area contributed by atoms with Gasteiger partial charge in [0.25, 0.3) is 5.91 Å². The Labute approximate surface area is 100 Å². The molecule has 0 spiro atoms. The minimum atomic E-state index is -0.233. The largest absolute Gasteiger partial charge is 0.355 e. The normalized spacial score (nSPS) is 9.73. The van der Waals surface area contributed by atoms with Crippen LogP contribution in [0.15, 0.2) is 15.9 Å². The molecule has 0 aliphatic carbocycles. The summed E-state index contributed by atoms with van der Waals surface area (Å²) in [5.41, 5.74) is 0. The highest BCUT2D eigenvalue weighted by atomic mass is 79.9. The molecule has 1 heterocycles. The second kappa shape index (κ2) is 5.87. The third-order valence-corrected chi connectivity index (χ3v) is 3.44. The number of thiophene rings is 1. The molecule has 4 nitrogen and oxygen atoms in total. The van der Waals surface area contributed by atoms with Gasteiger partial charge in [0.2, 0.25) is 5.91 Å². The highest BCUT2D eigenvalue weighted by Gasteiger charge is 2.11. The van der Waals surface area contributed by atoms with E-state index in [1.165, 1.54) is 11.3 Å². The van der Waals surface area contributed by atoms with E-state index in [0.717, 1.165) is 4.47 Å². The van der Waals surface area contributed by atoms with E-state index in [2.05, 4.69) is 26.6 Å². The predicted octanol–water partition coefficient (Wildman–Crippen LogP) is 1.38. The van der Waals surface area contributed by atoms with Crippen molar-refractivity contribution in [3.8, 4) is 0 Å². The first-order chi connectivity index (χ1) is 7.15. The van der Waals surface area contributed by atoms with Gasteiger partial charge in [0.1, 0.15) is 4.88 Å². The standard InChI is InChI=1S/C9H11BrN2O2S/c1-2-11-7(13)5-12-9(14)8-6(10)3-4-15-8/h3-4H,2,5H2,1H3,(H,11,13)(H,12,14). The third-order valence-electron chi connectivity index (χ3n) is 1.61. The van der Waals surface area contributed by atoms with Crippen LogP contribution >= 0.6 is 27.3 Å². The topological polar surface area (TPSA) is 58.2 Å². The Kier molecular flexibility index (Phi) is 4.77. The Balaban J connectivity index is 2.44. The van der Waals surface area contributed by atoms with Crippen molar-refractivity contribution in [2.75, 3.05) is 13.1 Å². The molecule has 1 rings (SSSR count). The molecule has 0 aliphatic heterocycles. The molecule has 0 aliphatic rings. The highest BCUT2D eigenvalue weighted by Crippen LogP contribution is 2.21. The van der Waals surface area contributed by atoms with Crippen LogP contribution in [0.25, 0.3) is 0 Å². The van der Waals surface area contributed by atoms with Crippen LogP contribution in [0.2, 0.25) is 0 Å². The van der Waals surface area contributed by atoms with E-state index in [1.54, 1.807) is 6.07 Å². The predicted molar refractivity (Wildman–Crippen MR) is 63.0 cm³/mol. The van der Waals surface area contributed by atoms with Crippen molar-refractivity contribution in [2.45, 2.75) is 6.92 Å². The van der Waals surface area contributed by atoms with E-state index < -0.39 is 0 Å². The maximum absolute atomic E-state index is 11.5. The van der Waals surface area contributed by atoms with Crippen molar-refractivity contribution in [1.82, 2.24) is 10.6 Å². The zero-order chi connectivity index (χ0) is 11.3. The molecule has 0 radical (unpaired) electrons. The molecule has 0 bridgehead atoms. The van der Waals surface area contributed by atoms with E-state index in [0.29, 0.717) is 11.4 Å². The minimum absolute atomic E-state index is 0.0109. The maximum Gasteiger partial charge on any atom is 0.262 e. The number of carbonyl (C=O) groups is 2. The summed E-state index contributed by atoms with van der Waals surface area (Å²) in [6, 6.07) is 1.80. The van der Waals surface area contributed by atoms with Crippen molar-refractivity contribution in [1.29, 1.82) is 0 Å². The Bertz CT molecular complexity index is 365. The highest BCUT2D eigenvalue weighted by molar-refractivity contribution is 9.10. The zero-order valence-electron chi connectivity index (χ0n) is 8.17. The van der Waals surface area contributed by atoms with Gasteiger partial charge in [0.05, 0.1) is 6.54 Å². The van der Waals surface area contributed by atoms with Gasteiger partial charge >= 0.3 is 0 Å². The summed E-state index contributed by atoms with van der Waals surface area (Å²) >= 11 is 4.59. The summed E-state index contributed by atoms with van der Waals surface area (Å²) in [6.07, 6.45) is 0. The van der Waals surface area contributed by atoms with Gasteiger partial charge in [-0.2, -0.15) is 0 Å². The van der Waals surface area contributed by atoms with Gasteiger partial charge in [-0.25, -0.2) is 0 Å². The summed E-state index contributed by atoms with van der Waals surface area (Å²) in [4.78, 5) is 23.2. The van der Waals surface area contributed by atoms with E-state index in [4.69, 9.17) is 0 Å². The van der Waals surface area contributed by atoms with Crippen LogP contribution in [-0.4, -0.2) is 24.9 Å². The molecule has 2 amide bonds. The molecule has 0 unspecified atom stereocenters. The molecular formula is C9H11BrN2O2S. The SMILES string of the molecule is CCNC(=O)CNC(=O)c1sccc1Br. The minimum Gasteiger partial charge on any atom is -0.355 e. The first-order valence-corrected chi connectivity index (χ1v) is 6.10. The lowest BCUT2D eigenvalue weighted by Crippen LogP contribution is -2.36. The Hall–Kier alpha value is -0.880. The van der Waals surface area contributed by atoms with Gasteiger partial charge in [-0.15, -0.1) is 11.3 Å². The van der Waals surface area contributed by atoms with Gasteiger partial charge in [-0.1, -0.05) is 0 Å². The monoisotopic (exact) mass is 290 g/mol. The van der Waals surface area contributed by atoms with Crippen LogP contribution in [-0.2, 0) is 4.79 Å². The van der Waals surface area contributed by atoms with Crippen LogP contribution in [0.4, 0.5) is 0 Å². The second-order valence-corrected chi connectivity index (χ2v) is 4.50. The molecule has 6 heteroatoms. The third kappa shape index (κ3) is 3.64. The van der Waals surface area contributed by atoms with Crippen molar-refractivity contribution in [2.24, 2.45) is 0 Å². The smallest absolute Gasteiger partial charge is 0.262 e. The van der Waals surface area contributed by atoms with Crippen LogP contribution in [0.3, 0.4) is 0 Å². The molecule has 0 saturated carbocycles. The van der Waals surface area contributed by atoms with E-state index >= 15 is 0 Å². The Morgan fingerprint density at radius 2 is 2.20 bits per heavy atom. The van der Waals surface area contributed by atoms with Crippen molar-refractivity contribution in [3.05, 3.63) is 20.8 Å². The molecule has 0 atom stereocenters. The number of halogens is 1. The van der Waals surface area contributed by atoms with Gasteiger partial charge in [0, 0.05) is 11.0 Å². The van der Waals surface area contributed by atoms with E-state index in [1.807, 2.05) is 12.3 Å². The van der Waals surface area contributed by atoms with E-state index in [-0.39, 0.29) is 18.4 Å². The Morgan fingerprint density at radius 3 is 2.73 bits per heavy atom. The Morgan fingerprint density at radius 1 is 1.47 bits per heavy atom. The number of rotatable bonds is 4. The summed E-state index contributed by atoms with van der Waals surface area (Å²) in [5, 5.41) is 6.95. The summed E-state index contributed by atoms with van der Waals surface area (Å²) in [7, 11) is 0. The molecule has 15 heavy (non-hydrogen) atoms. The summed E-state index contributed by atoms with van der Waals surface area (Å²) < 4.78 is 0.751. The fraction of sp³-hybridized carbons (Fsp3) is 0.333. The number of carbonyl (C=O) groups excluding carboxylic acids is 2. The number of hydrogen-bond acceptors (Lipinski definition) is 3. The first kappa shape index (κ1) is 12.2. The van der Waals surface area contributed by atoms with Crippen molar-refractivity contribution in [3.63, 3.8) is 0 Å². The van der Waals surface area contributed by atoms with Gasteiger partial charge in [-0.05, 0) is 34.3 Å². The number of hydrogen-bond donors (Lipinski definition) is 2. The molecule has 0 saturated heterocycles. The lowest BCUT2D eigenvalue weighted by Gasteiger charge is -2.03. The molecule has 2 N–H and O–H groups in total. The van der Waals surface area contributed by atoms with Crippen LogP contribution in [0.1, 0.15) is 16.6 Å². The van der Waals surface area contributed by atoms with E-state index in [9.17, 15) is 9.59 Å². The number of nitrogens with one attached hydrogen (secondary N) is 2. The van der Waals surface area contributed by atoms with Gasteiger partial charge in [0.15, 0.2) is 0 Å². The van der Waals surface area contributed by atoms with Crippen LogP contribution < -0.4 is 10.6 Å². The molecule has 82 valence electrons. The van der Waals surface area contributed by atoms with Crippen molar-refractivity contribution < 1.29 is 9.59 Å². The second-order valence-electron chi connectivity index (χ2n) is 2.73. The van der Waals surface area contributed by atoms with Crippen LogP contribution in [0, 0.1) is 0 Å². The average molecular weight is 291 g/mol. The molecule has 0 fully saturated rings. The van der Waals surface area contributed by atoms with Gasteiger partial charge < -0.3 is 10.6 Å². The first-order valence-electron chi connectivity index (χ1n) is 4.43. The quantitative estimate of drug-likeness (QED) is 0.880. The lowest BCUT2D eigenvalue weighted by molar-refractivity contribution is -0.120. The zero-order valence-corrected chi connectivity index (χ0v) is 10.6. The summed E-state index contributed by atoms with van der Waals surface area (Å²) in [6.45, 7) is 2.41. The molecular weight excluding hydrogens is 280 g/mol. The van der Waals surface area contributed by atoms with Gasteiger partial charge in [-0.3, -0.25) is 9.59 Å².